The average molecular weight is 239 g/mol. The van der Waals surface area contributed by atoms with Crippen molar-refractivity contribution >= 4 is 0 Å². The molecule has 1 aromatic carbocycles. The van der Waals surface area contributed by atoms with Crippen LogP contribution in [0.2, 0.25) is 0 Å². The number of rotatable bonds is 2. The molecule has 0 aromatic heterocycles. The van der Waals surface area contributed by atoms with Crippen LogP contribution in [-0.2, 0) is 6.42 Å². The van der Waals surface area contributed by atoms with E-state index >= 15 is 0 Å². The highest BCUT2D eigenvalue weighted by Gasteiger charge is 2.26. The molecule has 1 fully saturated rings. The third kappa shape index (κ3) is 3.25. The Labute approximate surface area is 101 Å². The lowest BCUT2D eigenvalue weighted by molar-refractivity contribution is 0.341. The van der Waals surface area contributed by atoms with Gasteiger partial charge in [-0.2, -0.15) is 0 Å². The Morgan fingerprint density at radius 3 is 2.82 bits per heavy atom. The molecule has 1 aliphatic rings. The van der Waals surface area contributed by atoms with Crippen LogP contribution in [0.25, 0.3) is 0 Å². The van der Waals surface area contributed by atoms with Crippen molar-refractivity contribution in [3.05, 3.63) is 35.4 Å². The molecule has 1 N–H and O–H groups in total. The van der Waals surface area contributed by atoms with E-state index in [1.807, 2.05) is 0 Å². The number of hydrogen-bond donors (Lipinski definition) is 1. The van der Waals surface area contributed by atoms with E-state index in [1.165, 1.54) is 25.3 Å². The minimum atomic E-state index is -0.509. The van der Waals surface area contributed by atoms with Crippen LogP contribution >= 0.6 is 0 Å². The first-order valence-corrected chi connectivity index (χ1v) is 6.28. The maximum absolute atomic E-state index is 13.6. The predicted molar refractivity (Wildman–Crippen MR) is 64.9 cm³/mol. The van der Waals surface area contributed by atoms with E-state index in [0.717, 1.165) is 19.0 Å². The molecular weight excluding hydrogens is 220 g/mol. The van der Waals surface area contributed by atoms with Gasteiger partial charge in [-0.1, -0.05) is 18.9 Å². The fourth-order valence-corrected chi connectivity index (χ4v) is 2.53. The topological polar surface area (TPSA) is 12.0 Å². The van der Waals surface area contributed by atoms with E-state index in [-0.39, 0.29) is 5.54 Å². The summed E-state index contributed by atoms with van der Waals surface area (Å²) in [6.07, 6.45) is 5.26. The van der Waals surface area contributed by atoms with Crippen molar-refractivity contribution in [3.8, 4) is 0 Å². The highest BCUT2D eigenvalue weighted by atomic mass is 19.1. The second kappa shape index (κ2) is 5.13. The minimum Gasteiger partial charge on any atom is -0.311 e. The van der Waals surface area contributed by atoms with Gasteiger partial charge in [0.15, 0.2) is 0 Å². The van der Waals surface area contributed by atoms with Gasteiger partial charge < -0.3 is 5.32 Å². The van der Waals surface area contributed by atoms with E-state index in [2.05, 4.69) is 12.2 Å². The highest BCUT2D eigenvalue weighted by Crippen LogP contribution is 2.24. The molecule has 0 radical (unpaired) electrons. The minimum absolute atomic E-state index is 0.0603. The molecule has 0 spiro atoms. The largest absolute Gasteiger partial charge is 0.311 e. The van der Waals surface area contributed by atoms with Gasteiger partial charge in [0.1, 0.15) is 11.6 Å². The molecule has 94 valence electrons. The Morgan fingerprint density at radius 1 is 1.24 bits per heavy atom. The van der Waals surface area contributed by atoms with Gasteiger partial charge in [-0.15, -0.1) is 0 Å². The van der Waals surface area contributed by atoms with Gasteiger partial charge in [-0.3, -0.25) is 0 Å². The molecule has 1 aromatic rings. The second-order valence-corrected chi connectivity index (χ2v) is 5.21. The zero-order chi connectivity index (χ0) is 12.3. The van der Waals surface area contributed by atoms with E-state index in [1.54, 1.807) is 6.07 Å². The Kier molecular flexibility index (Phi) is 3.77. The quantitative estimate of drug-likeness (QED) is 0.833. The van der Waals surface area contributed by atoms with E-state index in [0.29, 0.717) is 12.0 Å². The summed E-state index contributed by atoms with van der Waals surface area (Å²) in [5, 5.41) is 3.49. The monoisotopic (exact) mass is 239 g/mol. The maximum Gasteiger partial charge on any atom is 0.129 e. The molecule has 1 saturated heterocycles. The van der Waals surface area contributed by atoms with Crippen LogP contribution in [0, 0.1) is 11.6 Å². The summed E-state index contributed by atoms with van der Waals surface area (Å²) in [5.74, 6) is -0.942. The lowest BCUT2D eigenvalue weighted by Crippen LogP contribution is -2.43. The molecule has 1 nitrogen and oxygen atoms in total. The summed E-state index contributed by atoms with van der Waals surface area (Å²) in [7, 11) is 0. The van der Waals surface area contributed by atoms with Crippen LogP contribution in [0.1, 0.15) is 38.2 Å². The van der Waals surface area contributed by atoms with Crippen LogP contribution in [0.4, 0.5) is 8.78 Å². The summed E-state index contributed by atoms with van der Waals surface area (Å²) in [6.45, 7) is 3.11. The Morgan fingerprint density at radius 2 is 2.06 bits per heavy atom. The molecule has 1 atom stereocenters. The van der Waals surface area contributed by atoms with Gasteiger partial charge in [-0.05, 0) is 44.4 Å². The first-order valence-electron chi connectivity index (χ1n) is 6.28. The maximum atomic E-state index is 13.6. The summed E-state index contributed by atoms with van der Waals surface area (Å²) in [4.78, 5) is 0. The number of hydrogen-bond acceptors (Lipinski definition) is 1. The second-order valence-electron chi connectivity index (χ2n) is 5.21. The van der Waals surface area contributed by atoms with Gasteiger partial charge in [0.25, 0.3) is 0 Å². The van der Waals surface area contributed by atoms with Crippen LogP contribution < -0.4 is 5.32 Å². The fraction of sp³-hybridized carbons (Fsp3) is 0.571. The number of benzene rings is 1. The predicted octanol–water partition coefficient (Wildman–Crippen LogP) is 3.43. The molecule has 0 saturated carbocycles. The van der Waals surface area contributed by atoms with Gasteiger partial charge in [0, 0.05) is 11.6 Å². The zero-order valence-electron chi connectivity index (χ0n) is 10.2. The van der Waals surface area contributed by atoms with Crippen molar-refractivity contribution in [2.75, 3.05) is 6.54 Å². The molecule has 0 bridgehead atoms. The summed E-state index contributed by atoms with van der Waals surface area (Å²) < 4.78 is 26.4. The SMILES string of the molecule is CC1(Cc2ccc(F)cc2F)CCCCCN1. The first kappa shape index (κ1) is 12.5. The van der Waals surface area contributed by atoms with Crippen molar-refractivity contribution in [1.82, 2.24) is 5.32 Å². The molecular formula is C14H19F2N. The molecule has 1 unspecified atom stereocenters. The van der Waals surface area contributed by atoms with E-state index in [4.69, 9.17) is 0 Å². The molecule has 1 heterocycles. The van der Waals surface area contributed by atoms with Crippen molar-refractivity contribution in [1.29, 1.82) is 0 Å². The van der Waals surface area contributed by atoms with E-state index in [9.17, 15) is 8.78 Å². The fourth-order valence-electron chi connectivity index (χ4n) is 2.53. The summed E-state index contributed by atoms with van der Waals surface area (Å²) in [6, 6.07) is 3.86. The van der Waals surface area contributed by atoms with Crippen molar-refractivity contribution in [3.63, 3.8) is 0 Å². The van der Waals surface area contributed by atoms with Crippen LogP contribution in [-0.4, -0.2) is 12.1 Å². The lowest BCUT2D eigenvalue weighted by Gasteiger charge is -2.29. The van der Waals surface area contributed by atoms with E-state index < -0.39 is 11.6 Å². The van der Waals surface area contributed by atoms with Gasteiger partial charge in [0.2, 0.25) is 0 Å². The first-order chi connectivity index (χ1) is 8.09. The molecule has 3 heteroatoms. The smallest absolute Gasteiger partial charge is 0.129 e. The molecule has 1 aliphatic heterocycles. The standard InChI is InChI=1S/C14H19F2N/c1-14(7-3-2-4-8-17-14)10-11-5-6-12(15)9-13(11)16/h5-6,9,17H,2-4,7-8,10H2,1H3. The number of nitrogens with one attached hydrogen (secondary N) is 1. The van der Waals surface area contributed by atoms with Gasteiger partial charge in [0.05, 0.1) is 0 Å². The molecule has 0 amide bonds. The molecule has 17 heavy (non-hydrogen) atoms. The Bertz CT molecular complexity index is 382. The average Bonchev–Trinajstić information content (AvgIpc) is 2.48. The Hall–Kier alpha value is -0.960. The zero-order valence-corrected chi connectivity index (χ0v) is 10.2. The normalized spacial score (nSPS) is 25.6. The lowest BCUT2D eigenvalue weighted by atomic mass is 9.88. The van der Waals surface area contributed by atoms with Crippen LogP contribution in [0.5, 0.6) is 0 Å². The van der Waals surface area contributed by atoms with Crippen LogP contribution in [0.15, 0.2) is 18.2 Å². The van der Waals surface area contributed by atoms with Crippen molar-refractivity contribution < 1.29 is 8.78 Å². The third-order valence-electron chi connectivity index (χ3n) is 3.55. The van der Waals surface area contributed by atoms with Crippen molar-refractivity contribution in [2.24, 2.45) is 0 Å². The van der Waals surface area contributed by atoms with Gasteiger partial charge in [-0.25, -0.2) is 8.78 Å². The highest BCUT2D eigenvalue weighted by molar-refractivity contribution is 5.21. The molecule has 0 aliphatic carbocycles. The van der Waals surface area contributed by atoms with Crippen LogP contribution in [0.3, 0.4) is 0 Å². The summed E-state index contributed by atoms with van der Waals surface area (Å²) in [5.41, 5.74) is 0.540. The Balaban J connectivity index is 2.12. The third-order valence-corrected chi connectivity index (χ3v) is 3.55. The van der Waals surface area contributed by atoms with Gasteiger partial charge >= 0.3 is 0 Å². The number of halogens is 2. The molecule has 2 rings (SSSR count). The van der Waals surface area contributed by atoms with Crippen molar-refractivity contribution in [2.45, 2.75) is 44.6 Å². The summed E-state index contributed by atoms with van der Waals surface area (Å²) >= 11 is 0.